The molecule has 7 nitrogen and oxygen atoms in total. The van der Waals surface area contributed by atoms with Gasteiger partial charge in [0.25, 0.3) is 0 Å². The van der Waals surface area contributed by atoms with Gasteiger partial charge in [-0.2, -0.15) is 10.5 Å². The van der Waals surface area contributed by atoms with Gasteiger partial charge in [-0.3, -0.25) is 4.57 Å². The predicted molar refractivity (Wildman–Crippen MR) is 109 cm³/mol. The minimum absolute atomic E-state index is 0.394. The van der Waals surface area contributed by atoms with E-state index >= 15 is 0 Å². The van der Waals surface area contributed by atoms with Gasteiger partial charge < -0.3 is 9.64 Å². The van der Waals surface area contributed by atoms with Gasteiger partial charge in [-0.05, 0) is 35.9 Å². The number of anilines is 1. The fourth-order valence-electron chi connectivity index (χ4n) is 3.20. The number of ether oxygens (including phenoxy) is 1. The van der Waals surface area contributed by atoms with E-state index in [-0.39, 0.29) is 0 Å². The molecule has 0 spiro atoms. The van der Waals surface area contributed by atoms with E-state index in [1.165, 1.54) is 0 Å². The quantitative estimate of drug-likeness (QED) is 0.644. The molecule has 4 rings (SSSR count). The molecule has 142 valence electrons. The molecule has 0 unspecified atom stereocenters. The van der Waals surface area contributed by atoms with Crippen LogP contribution in [0.25, 0.3) is 17.3 Å². The Hall–Kier alpha value is -3.94. The Morgan fingerprint density at radius 2 is 1.69 bits per heavy atom. The van der Waals surface area contributed by atoms with Crippen LogP contribution in [0.3, 0.4) is 0 Å². The summed E-state index contributed by atoms with van der Waals surface area (Å²) in [7, 11) is 0. The van der Waals surface area contributed by atoms with Gasteiger partial charge in [-0.1, -0.05) is 30.3 Å². The lowest BCUT2D eigenvalue weighted by atomic mass is 10.1. The van der Waals surface area contributed by atoms with Crippen molar-refractivity contribution in [2.45, 2.75) is 0 Å². The summed E-state index contributed by atoms with van der Waals surface area (Å²) in [5.41, 5.74) is 2.67. The Kier molecular flexibility index (Phi) is 5.33. The number of hydrogen-bond donors (Lipinski definition) is 0. The second kappa shape index (κ2) is 8.39. The molecule has 1 saturated heterocycles. The first-order chi connectivity index (χ1) is 14.3. The van der Waals surface area contributed by atoms with Crippen LogP contribution in [-0.2, 0) is 4.74 Å². The van der Waals surface area contributed by atoms with Crippen molar-refractivity contribution in [3.63, 3.8) is 0 Å². The lowest BCUT2D eigenvalue weighted by Gasteiger charge is -2.28. The van der Waals surface area contributed by atoms with E-state index < -0.39 is 0 Å². The van der Waals surface area contributed by atoms with Crippen molar-refractivity contribution in [1.82, 2.24) is 14.8 Å². The monoisotopic (exact) mass is 382 g/mol. The van der Waals surface area contributed by atoms with Crippen LogP contribution >= 0.6 is 0 Å². The summed E-state index contributed by atoms with van der Waals surface area (Å²) in [6, 6.07) is 21.2. The average Bonchev–Trinajstić information content (AvgIpc) is 3.24. The van der Waals surface area contributed by atoms with Gasteiger partial charge in [0, 0.05) is 13.1 Å². The molecule has 2 aromatic carbocycles. The van der Waals surface area contributed by atoms with E-state index in [1.54, 1.807) is 18.2 Å². The van der Waals surface area contributed by atoms with Crippen LogP contribution in [0.15, 0.2) is 54.6 Å². The molecule has 0 N–H and O–H groups in total. The third-order valence-corrected chi connectivity index (χ3v) is 4.67. The number of rotatable bonds is 4. The number of aromatic nitrogens is 3. The van der Waals surface area contributed by atoms with Gasteiger partial charge in [-0.15, -0.1) is 10.2 Å². The molecule has 0 saturated carbocycles. The Morgan fingerprint density at radius 3 is 2.34 bits per heavy atom. The van der Waals surface area contributed by atoms with E-state index in [0.29, 0.717) is 49.2 Å². The molecule has 7 heteroatoms. The Bertz CT molecular complexity index is 1100. The molecule has 1 aromatic heterocycles. The van der Waals surface area contributed by atoms with E-state index in [2.05, 4.69) is 27.2 Å². The molecule has 1 fully saturated rings. The predicted octanol–water partition coefficient (Wildman–Crippen LogP) is 3.04. The van der Waals surface area contributed by atoms with E-state index in [4.69, 9.17) is 10.00 Å². The summed E-state index contributed by atoms with van der Waals surface area (Å²) < 4.78 is 7.36. The van der Waals surface area contributed by atoms with Gasteiger partial charge in [0.2, 0.25) is 5.95 Å². The molecule has 29 heavy (non-hydrogen) atoms. The van der Waals surface area contributed by atoms with E-state index in [9.17, 15) is 5.26 Å². The van der Waals surface area contributed by atoms with Gasteiger partial charge in [-0.25, -0.2) is 0 Å². The summed E-state index contributed by atoms with van der Waals surface area (Å²) >= 11 is 0. The van der Waals surface area contributed by atoms with Crippen molar-refractivity contribution >= 4 is 17.6 Å². The Morgan fingerprint density at radius 1 is 0.966 bits per heavy atom. The molecule has 0 atom stereocenters. The average molecular weight is 382 g/mol. The highest BCUT2D eigenvalue weighted by atomic mass is 16.5. The van der Waals surface area contributed by atoms with Crippen molar-refractivity contribution in [3.8, 4) is 17.8 Å². The van der Waals surface area contributed by atoms with Crippen molar-refractivity contribution in [2.24, 2.45) is 0 Å². The van der Waals surface area contributed by atoms with Gasteiger partial charge in [0.15, 0.2) is 5.82 Å². The number of nitriles is 2. The minimum atomic E-state index is 0.394. The van der Waals surface area contributed by atoms with Gasteiger partial charge in [0.05, 0.1) is 36.1 Å². The van der Waals surface area contributed by atoms with Crippen LogP contribution < -0.4 is 4.90 Å². The smallest absolute Gasteiger partial charge is 0.232 e. The topological polar surface area (TPSA) is 90.8 Å². The fourth-order valence-corrected chi connectivity index (χ4v) is 3.20. The second-order valence-corrected chi connectivity index (χ2v) is 6.50. The lowest BCUT2D eigenvalue weighted by molar-refractivity contribution is 0.122. The molecule has 0 aliphatic carbocycles. The maximum Gasteiger partial charge on any atom is 0.232 e. The summed E-state index contributed by atoms with van der Waals surface area (Å²) in [6.07, 6.45) is 1.76. The zero-order chi connectivity index (χ0) is 20.1. The van der Waals surface area contributed by atoms with Crippen LogP contribution in [0.2, 0.25) is 0 Å². The van der Waals surface area contributed by atoms with Crippen molar-refractivity contribution in [1.29, 1.82) is 10.5 Å². The number of benzene rings is 2. The van der Waals surface area contributed by atoms with Crippen LogP contribution in [0.4, 0.5) is 5.95 Å². The molecule has 3 aromatic rings. The fraction of sp³-hybridized carbons (Fsp3) is 0.182. The zero-order valence-electron chi connectivity index (χ0n) is 15.7. The summed E-state index contributed by atoms with van der Waals surface area (Å²) in [5, 5.41) is 27.6. The van der Waals surface area contributed by atoms with Crippen LogP contribution in [0.5, 0.6) is 0 Å². The third kappa shape index (κ3) is 3.86. The normalized spacial score (nSPS) is 14.3. The Labute approximate surface area is 168 Å². The van der Waals surface area contributed by atoms with Crippen LogP contribution in [0.1, 0.15) is 17.0 Å². The first-order valence-electron chi connectivity index (χ1n) is 9.26. The standard InChI is InChI=1S/C22H18N6O/c23-15-18-8-6-17(7-9-18)14-19(16-24)21-25-26-22(27-10-12-29-13-11-27)28(21)20-4-2-1-3-5-20/h1-9,14H,10-13H2/b19-14+. The first-order valence-corrected chi connectivity index (χ1v) is 9.26. The zero-order valence-corrected chi connectivity index (χ0v) is 15.7. The van der Waals surface area contributed by atoms with Gasteiger partial charge in [0.1, 0.15) is 6.07 Å². The molecule has 0 amide bonds. The number of hydrogen-bond acceptors (Lipinski definition) is 6. The highest BCUT2D eigenvalue weighted by Gasteiger charge is 2.23. The summed E-state index contributed by atoms with van der Waals surface area (Å²) in [5.74, 6) is 1.17. The highest BCUT2D eigenvalue weighted by molar-refractivity contribution is 5.88. The van der Waals surface area contributed by atoms with Crippen molar-refractivity contribution < 1.29 is 4.74 Å². The summed E-state index contributed by atoms with van der Waals surface area (Å²) in [6.45, 7) is 2.69. The third-order valence-electron chi connectivity index (χ3n) is 4.67. The minimum Gasteiger partial charge on any atom is -0.378 e. The molecular weight excluding hydrogens is 364 g/mol. The molecule has 0 radical (unpaired) electrons. The highest BCUT2D eigenvalue weighted by Crippen LogP contribution is 2.26. The van der Waals surface area contributed by atoms with Crippen LogP contribution in [-0.4, -0.2) is 41.1 Å². The lowest BCUT2D eigenvalue weighted by Crippen LogP contribution is -2.38. The van der Waals surface area contributed by atoms with Crippen LogP contribution in [0, 0.1) is 22.7 Å². The van der Waals surface area contributed by atoms with Gasteiger partial charge >= 0.3 is 0 Å². The van der Waals surface area contributed by atoms with E-state index in [1.807, 2.05) is 47.0 Å². The molecule has 2 heterocycles. The first kappa shape index (κ1) is 18.4. The number of allylic oxidation sites excluding steroid dienone is 1. The second-order valence-electron chi connectivity index (χ2n) is 6.50. The van der Waals surface area contributed by atoms with Crippen molar-refractivity contribution in [3.05, 3.63) is 71.5 Å². The number of nitrogens with zero attached hydrogens (tertiary/aromatic N) is 6. The largest absolute Gasteiger partial charge is 0.378 e. The number of morpholine rings is 1. The maximum atomic E-state index is 9.85. The summed E-state index contributed by atoms with van der Waals surface area (Å²) in [4.78, 5) is 2.11. The molecular formula is C22H18N6O. The number of para-hydroxylation sites is 1. The maximum absolute atomic E-state index is 9.85. The van der Waals surface area contributed by atoms with Crippen molar-refractivity contribution in [2.75, 3.05) is 31.2 Å². The molecule has 1 aliphatic rings. The SMILES string of the molecule is N#C/C(=C\c1ccc(C#N)cc1)c1nnc(N2CCOCC2)n1-c1ccccc1. The molecule has 0 bridgehead atoms. The van der Waals surface area contributed by atoms with E-state index in [0.717, 1.165) is 11.3 Å². The Balaban J connectivity index is 1.81. The molecule has 1 aliphatic heterocycles.